The minimum Gasteiger partial charge on any atom is -0.369 e. The fourth-order valence-electron chi connectivity index (χ4n) is 2.93. The highest BCUT2D eigenvalue weighted by atomic mass is 15.2. The van der Waals surface area contributed by atoms with Gasteiger partial charge in [0.25, 0.3) is 0 Å². The normalized spacial score (nSPS) is 17.2. The van der Waals surface area contributed by atoms with Crippen LogP contribution in [-0.2, 0) is 0 Å². The molecule has 1 aliphatic heterocycles. The van der Waals surface area contributed by atoms with E-state index < -0.39 is 0 Å². The zero-order valence-electron chi connectivity index (χ0n) is 12.8. The Labute approximate surface area is 125 Å². The first-order valence-corrected chi connectivity index (χ1v) is 7.82. The lowest BCUT2D eigenvalue weighted by atomic mass is 10.3. The summed E-state index contributed by atoms with van der Waals surface area (Å²) in [5.41, 5.74) is 0.880. The summed E-state index contributed by atoms with van der Waals surface area (Å²) in [5, 5.41) is 6.79. The molecule has 1 unspecified atom stereocenters. The Morgan fingerprint density at radius 3 is 2.90 bits per heavy atom. The third kappa shape index (κ3) is 3.26. The molecule has 1 saturated heterocycles. The minimum atomic E-state index is 0.355. The largest absolute Gasteiger partial charge is 0.369 e. The molecule has 114 valence electrons. The molecular formula is C15H24N6. The van der Waals surface area contributed by atoms with Crippen LogP contribution in [0.1, 0.15) is 26.7 Å². The number of nitrogens with one attached hydrogen (secondary N) is 2. The van der Waals surface area contributed by atoms with E-state index in [4.69, 9.17) is 0 Å². The molecule has 0 aromatic carbocycles. The van der Waals surface area contributed by atoms with Gasteiger partial charge < -0.3 is 19.9 Å². The van der Waals surface area contributed by atoms with Crippen LogP contribution in [-0.4, -0.2) is 51.5 Å². The molecule has 21 heavy (non-hydrogen) atoms. The maximum Gasteiger partial charge on any atom is 0.180 e. The van der Waals surface area contributed by atoms with E-state index in [2.05, 4.69) is 39.3 Å². The summed E-state index contributed by atoms with van der Waals surface area (Å²) >= 11 is 0. The molecular weight excluding hydrogens is 264 g/mol. The first-order valence-electron chi connectivity index (χ1n) is 7.82. The second-order valence-electron chi connectivity index (χ2n) is 5.72. The summed E-state index contributed by atoms with van der Waals surface area (Å²) in [4.78, 5) is 11.6. The van der Waals surface area contributed by atoms with Crippen molar-refractivity contribution in [2.24, 2.45) is 0 Å². The summed E-state index contributed by atoms with van der Waals surface area (Å²) < 4.78 is 2.01. The Balaban J connectivity index is 1.76. The number of fused-ring (bicyclic) bond motifs is 1. The molecule has 1 fully saturated rings. The lowest BCUT2D eigenvalue weighted by Gasteiger charge is -2.22. The van der Waals surface area contributed by atoms with E-state index in [0.717, 1.165) is 30.4 Å². The van der Waals surface area contributed by atoms with E-state index in [9.17, 15) is 0 Å². The summed E-state index contributed by atoms with van der Waals surface area (Å²) in [6.07, 6.45) is 8.39. The monoisotopic (exact) mass is 288 g/mol. The van der Waals surface area contributed by atoms with Crippen LogP contribution in [0.3, 0.4) is 0 Å². The third-order valence-electron chi connectivity index (χ3n) is 3.85. The Morgan fingerprint density at radius 1 is 1.33 bits per heavy atom. The van der Waals surface area contributed by atoms with E-state index in [1.54, 1.807) is 0 Å². The number of hydrogen-bond donors (Lipinski definition) is 2. The minimum absolute atomic E-state index is 0.355. The molecule has 2 aromatic rings. The van der Waals surface area contributed by atoms with Gasteiger partial charge in [0.05, 0.1) is 6.20 Å². The van der Waals surface area contributed by atoms with Crippen LogP contribution in [0.25, 0.3) is 5.65 Å². The van der Waals surface area contributed by atoms with Crippen molar-refractivity contribution in [2.75, 3.05) is 36.8 Å². The zero-order valence-corrected chi connectivity index (χ0v) is 12.8. The number of hydrogen-bond acceptors (Lipinski definition) is 5. The fraction of sp³-hybridized carbons (Fsp3) is 0.600. The van der Waals surface area contributed by atoms with Gasteiger partial charge in [0.15, 0.2) is 11.5 Å². The second kappa shape index (κ2) is 6.30. The van der Waals surface area contributed by atoms with Crippen LogP contribution in [0.4, 0.5) is 11.6 Å². The molecule has 0 aliphatic carbocycles. The lowest BCUT2D eigenvalue weighted by Crippen LogP contribution is -2.33. The average Bonchev–Trinajstić information content (AvgIpc) is 3.09. The van der Waals surface area contributed by atoms with Crippen molar-refractivity contribution in [1.82, 2.24) is 19.3 Å². The summed E-state index contributed by atoms with van der Waals surface area (Å²) in [6, 6.07) is 0.355. The predicted octanol–water partition coefficient (Wildman–Crippen LogP) is 2.06. The molecule has 1 atom stereocenters. The van der Waals surface area contributed by atoms with E-state index in [0.29, 0.717) is 6.04 Å². The second-order valence-corrected chi connectivity index (χ2v) is 5.72. The van der Waals surface area contributed by atoms with Gasteiger partial charge in [-0.25, -0.2) is 9.97 Å². The number of imidazole rings is 1. The maximum absolute atomic E-state index is 4.65. The molecule has 3 heterocycles. The molecule has 0 radical (unpaired) electrons. The van der Waals surface area contributed by atoms with Gasteiger partial charge in [-0.1, -0.05) is 0 Å². The fourth-order valence-corrected chi connectivity index (χ4v) is 2.93. The van der Waals surface area contributed by atoms with Gasteiger partial charge in [0.1, 0.15) is 5.82 Å². The Kier molecular flexibility index (Phi) is 4.24. The molecule has 6 nitrogen and oxygen atoms in total. The highest BCUT2D eigenvalue weighted by molar-refractivity contribution is 5.65. The molecule has 6 heteroatoms. The van der Waals surface area contributed by atoms with Gasteiger partial charge in [0, 0.05) is 31.5 Å². The molecule has 2 aromatic heterocycles. The lowest BCUT2D eigenvalue weighted by molar-refractivity contribution is 0.327. The predicted molar refractivity (Wildman–Crippen MR) is 85.9 cm³/mol. The number of nitrogens with zero attached hydrogens (tertiary/aromatic N) is 4. The zero-order chi connectivity index (χ0) is 14.7. The van der Waals surface area contributed by atoms with Crippen molar-refractivity contribution < 1.29 is 0 Å². The molecule has 0 bridgehead atoms. The van der Waals surface area contributed by atoms with Crippen LogP contribution in [0, 0.1) is 0 Å². The van der Waals surface area contributed by atoms with Crippen LogP contribution >= 0.6 is 0 Å². The maximum atomic E-state index is 4.65. The van der Waals surface area contributed by atoms with E-state index in [1.165, 1.54) is 25.9 Å². The van der Waals surface area contributed by atoms with Gasteiger partial charge in [0.2, 0.25) is 0 Å². The highest BCUT2D eigenvalue weighted by Crippen LogP contribution is 2.18. The standard InChI is InChI=1S/C15H24N6/c1-3-16-13-11-21-9-6-17-15(21)14(19-13)18-12(2)10-20-7-4-5-8-20/h6,9,11-12,16H,3-5,7-8,10H2,1-2H3,(H,18,19). The Hall–Kier alpha value is -1.82. The van der Waals surface area contributed by atoms with Crippen LogP contribution < -0.4 is 10.6 Å². The van der Waals surface area contributed by atoms with E-state index >= 15 is 0 Å². The topological polar surface area (TPSA) is 57.5 Å². The molecule has 0 amide bonds. The number of rotatable bonds is 6. The summed E-state index contributed by atoms with van der Waals surface area (Å²) in [6.45, 7) is 8.63. The Morgan fingerprint density at radius 2 is 2.14 bits per heavy atom. The van der Waals surface area contributed by atoms with Gasteiger partial charge in [-0.2, -0.15) is 0 Å². The first-order chi connectivity index (χ1) is 10.3. The third-order valence-corrected chi connectivity index (χ3v) is 3.85. The number of anilines is 2. The summed E-state index contributed by atoms with van der Waals surface area (Å²) in [7, 11) is 0. The van der Waals surface area contributed by atoms with Crippen molar-refractivity contribution in [3.05, 3.63) is 18.6 Å². The van der Waals surface area contributed by atoms with Crippen LogP contribution in [0.2, 0.25) is 0 Å². The van der Waals surface area contributed by atoms with Crippen LogP contribution in [0.15, 0.2) is 18.6 Å². The molecule has 1 aliphatic rings. The number of likely N-dealkylation sites (tertiary alicyclic amines) is 1. The highest BCUT2D eigenvalue weighted by Gasteiger charge is 2.16. The first kappa shape index (κ1) is 14.1. The van der Waals surface area contributed by atoms with Crippen molar-refractivity contribution in [3.63, 3.8) is 0 Å². The van der Waals surface area contributed by atoms with Gasteiger partial charge in [-0.15, -0.1) is 0 Å². The van der Waals surface area contributed by atoms with Crippen molar-refractivity contribution in [3.8, 4) is 0 Å². The quantitative estimate of drug-likeness (QED) is 0.852. The molecule has 2 N–H and O–H groups in total. The van der Waals surface area contributed by atoms with Crippen molar-refractivity contribution >= 4 is 17.3 Å². The molecule has 3 rings (SSSR count). The van der Waals surface area contributed by atoms with E-state index in [1.807, 2.05) is 23.0 Å². The van der Waals surface area contributed by atoms with Crippen LogP contribution in [0.5, 0.6) is 0 Å². The molecule has 0 saturated carbocycles. The Bertz CT molecular complexity index is 587. The SMILES string of the molecule is CCNc1cn2ccnc2c(NC(C)CN2CCCC2)n1. The van der Waals surface area contributed by atoms with Gasteiger partial charge in [-0.3, -0.25) is 0 Å². The van der Waals surface area contributed by atoms with Crippen molar-refractivity contribution in [1.29, 1.82) is 0 Å². The van der Waals surface area contributed by atoms with Crippen molar-refractivity contribution in [2.45, 2.75) is 32.7 Å². The number of aromatic nitrogens is 3. The molecule has 0 spiro atoms. The smallest absolute Gasteiger partial charge is 0.180 e. The van der Waals surface area contributed by atoms with Gasteiger partial charge in [-0.05, 0) is 39.8 Å². The summed E-state index contributed by atoms with van der Waals surface area (Å²) in [5.74, 6) is 1.73. The average molecular weight is 288 g/mol. The van der Waals surface area contributed by atoms with E-state index in [-0.39, 0.29) is 0 Å². The van der Waals surface area contributed by atoms with Gasteiger partial charge >= 0.3 is 0 Å².